The molecule has 0 aromatic heterocycles. The van der Waals surface area contributed by atoms with Gasteiger partial charge in [-0.25, -0.2) is 0 Å². The van der Waals surface area contributed by atoms with Gasteiger partial charge in [0.25, 0.3) is 10.2 Å². The van der Waals surface area contributed by atoms with Crippen LogP contribution < -0.4 is 0 Å². The molecule has 2 aliphatic rings. The highest BCUT2D eigenvalue weighted by molar-refractivity contribution is 7.86. The predicted octanol–water partition coefficient (Wildman–Crippen LogP) is 0.628. The van der Waals surface area contributed by atoms with Crippen LogP contribution in [0.15, 0.2) is 0 Å². The Bertz CT molecular complexity index is 376. The molecule has 2 rings (SSSR count). The molecule has 0 atom stereocenters. The Labute approximate surface area is 103 Å². The summed E-state index contributed by atoms with van der Waals surface area (Å²) in [6, 6.07) is 0. The van der Waals surface area contributed by atoms with Crippen LogP contribution in [0.1, 0.15) is 32.6 Å². The fourth-order valence-electron chi connectivity index (χ4n) is 2.35. The van der Waals surface area contributed by atoms with Crippen molar-refractivity contribution in [2.75, 3.05) is 26.2 Å². The number of ketones is 1. The highest BCUT2D eigenvalue weighted by atomic mass is 32.2. The van der Waals surface area contributed by atoms with Crippen molar-refractivity contribution in [3.05, 3.63) is 0 Å². The number of hydrogen-bond donors (Lipinski definition) is 0. The monoisotopic (exact) mass is 260 g/mol. The molecule has 5 nitrogen and oxygen atoms in total. The largest absolute Gasteiger partial charge is 0.300 e. The normalized spacial score (nSPS) is 26.3. The van der Waals surface area contributed by atoms with Crippen LogP contribution in [0.2, 0.25) is 0 Å². The lowest BCUT2D eigenvalue weighted by molar-refractivity contribution is -0.120. The topological polar surface area (TPSA) is 57.7 Å². The maximum Gasteiger partial charge on any atom is 0.281 e. The van der Waals surface area contributed by atoms with Gasteiger partial charge in [-0.3, -0.25) is 4.79 Å². The summed E-state index contributed by atoms with van der Waals surface area (Å²) in [5.74, 6) is 0.785. The van der Waals surface area contributed by atoms with Gasteiger partial charge in [0, 0.05) is 39.0 Å². The zero-order valence-electron chi connectivity index (χ0n) is 10.3. The van der Waals surface area contributed by atoms with Gasteiger partial charge >= 0.3 is 0 Å². The molecule has 0 aliphatic carbocycles. The molecule has 0 N–H and O–H groups in total. The van der Waals surface area contributed by atoms with Crippen molar-refractivity contribution in [3.63, 3.8) is 0 Å². The molecule has 6 heteroatoms. The van der Waals surface area contributed by atoms with E-state index in [1.807, 2.05) is 0 Å². The van der Waals surface area contributed by atoms with Gasteiger partial charge in [-0.15, -0.1) is 0 Å². The number of carbonyl (C=O) groups excluding carboxylic acids is 1. The first-order chi connectivity index (χ1) is 8.00. The third kappa shape index (κ3) is 2.86. The van der Waals surface area contributed by atoms with Gasteiger partial charge in [0.05, 0.1) is 0 Å². The molecule has 98 valence electrons. The molecule has 0 unspecified atom stereocenters. The summed E-state index contributed by atoms with van der Waals surface area (Å²) in [4.78, 5) is 11.1. The predicted molar refractivity (Wildman–Crippen MR) is 64.7 cm³/mol. The summed E-state index contributed by atoms with van der Waals surface area (Å²) in [7, 11) is -3.32. The van der Waals surface area contributed by atoms with Gasteiger partial charge in [0.15, 0.2) is 0 Å². The molecule has 2 aliphatic heterocycles. The SMILES string of the molecule is CC1CCN(S(=O)(=O)N2CCC(=O)CC2)CC1. The minimum absolute atomic E-state index is 0.170. The van der Waals surface area contributed by atoms with Crippen molar-refractivity contribution in [3.8, 4) is 0 Å². The summed E-state index contributed by atoms with van der Waals surface area (Å²) < 4.78 is 27.6. The van der Waals surface area contributed by atoms with E-state index in [-0.39, 0.29) is 5.78 Å². The third-order valence-electron chi connectivity index (χ3n) is 3.68. The Morgan fingerprint density at radius 1 is 1.00 bits per heavy atom. The van der Waals surface area contributed by atoms with Crippen molar-refractivity contribution in [2.45, 2.75) is 32.6 Å². The van der Waals surface area contributed by atoms with Gasteiger partial charge in [-0.2, -0.15) is 17.0 Å². The molecule has 2 fully saturated rings. The zero-order valence-corrected chi connectivity index (χ0v) is 11.1. The molecule has 0 aromatic rings. The number of nitrogens with zero attached hydrogens (tertiary/aromatic N) is 2. The Hall–Kier alpha value is -0.460. The van der Waals surface area contributed by atoms with Crippen molar-refractivity contribution in [1.82, 2.24) is 8.61 Å². The number of carbonyl (C=O) groups is 1. The molecule has 0 spiro atoms. The summed E-state index contributed by atoms with van der Waals surface area (Å²) in [5, 5.41) is 0. The fraction of sp³-hybridized carbons (Fsp3) is 0.909. The third-order valence-corrected chi connectivity index (χ3v) is 5.71. The van der Waals surface area contributed by atoms with E-state index in [4.69, 9.17) is 0 Å². The molecule has 2 heterocycles. The first-order valence-electron chi connectivity index (χ1n) is 6.27. The quantitative estimate of drug-likeness (QED) is 0.731. The molecule has 0 aromatic carbocycles. The standard InChI is InChI=1S/C11H20N2O3S/c1-10-2-6-12(7-3-10)17(15,16)13-8-4-11(14)5-9-13/h10H,2-9H2,1H3. The first kappa shape index (κ1) is 13.0. The maximum atomic E-state index is 12.3. The summed E-state index contributed by atoms with van der Waals surface area (Å²) >= 11 is 0. The first-order valence-corrected chi connectivity index (χ1v) is 7.67. The van der Waals surface area contributed by atoms with Crippen molar-refractivity contribution in [1.29, 1.82) is 0 Å². The minimum Gasteiger partial charge on any atom is -0.300 e. The van der Waals surface area contributed by atoms with Gasteiger partial charge in [0.2, 0.25) is 0 Å². The van der Waals surface area contributed by atoms with E-state index in [0.29, 0.717) is 44.9 Å². The molecule has 17 heavy (non-hydrogen) atoms. The number of hydrogen-bond acceptors (Lipinski definition) is 3. The smallest absolute Gasteiger partial charge is 0.281 e. The zero-order chi connectivity index (χ0) is 12.5. The Morgan fingerprint density at radius 2 is 1.47 bits per heavy atom. The van der Waals surface area contributed by atoms with Gasteiger partial charge in [-0.1, -0.05) is 6.92 Å². The van der Waals surface area contributed by atoms with E-state index in [0.717, 1.165) is 12.8 Å². The second kappa shape index (κ2) is 5.04. The molecule has 0 saturated carbocycles. The minimum atomic E-state index is -3.32. The lowest BCUT2D eigenvalue weighted by Gasteiger charge is -2.35. The summed E-state index contributed by atoms with van der Waals surface area (Å²) in [6.45, 7) is 4.10. The molecule has 0 amide bonds. The van der Waals surface area contributed by atoms with Crippen LogP contribution >= 0.6 is 0 Å². The highest BCUT2D eigenvalue weighted by Crippen LogP contribution is 2.22. The second-order valence-electron chi connectivity index (χ2n) is 5.03. The molecule has 0 radical (unpaired) electrons. The second-order valence-corrected chi connectivity index (χ2v) is 6.96. The number of Topliss-reactive ketones (excluding diaryl/α,β-unsaturated/α-hetero) is 1. The van der Waals surface area contributed by atoms with Crippen LogP contribution in [0.5, 0.6) is 0 Å². The average Bonchev–Trinajstić information content (AvgIpc) is 2.30. The summed E-state index contributed by atoms with van der Waals surface area (Å²) in [5.41, 5.74) is 0. The Balaban J connectivity index is 2.01. The van der Waals surface area contributed by atoms with Crippen molar-refractivity contribution in [2.24, 2.45) is 5.92 Å². The average molecular weight is 260 g/mol. The number of piperidine rings is 2. The van der Waals surface area contributed by atoms with E-state index < -0.39 is 10.2 Å². The van der Waals surface area contributed by atoms with Crippen LogP contribution in [0, 0.1) is 5.92 Å². The lowest BCUT2D eigenvalue weighted by atomic mass is 10.0. The Morgan fingerprint density at radius 3 is 2.00 bits per heavy atom. The Kier molecular flexibility index (Phi) is 3.85. The maximum absolute atomic E-state index is 12.3. The number of rotatable bonds is 2. The molecular weight excluding hydrogens is 240 g/mol. The van der Waals surface area contributed by atoms with Gasteiger partial charge in [0.1, 0.15) is 5.78 Å². The van der Waals surface area contributed by atoms with E-state index in [1.54, 1.807) is 4.31 Å². The fourth-order valence-corrected chi connectivity index (χ4v) is 3.99. The summed E-state index contributed by atoms with van der Waals surface area (Å²) in [6.07, 6.45) is 2.60. The van der Waals surface area contributed by atoms with Gasteiger partial charge < -0.3 is 0 Å². The van der Waals surface area contributed by atoms with E-state index in [1.165, 1.54) is 4.31 Å². The van der Waals surface area contributed by atoms with Crippen molar-refractivity contribution >= 4 is 16.0 Å². The van der Waals surface area contributed by atoms with E-state index >= 15 is 0 Å². The van der Waals surface area contributed by atoms with Crippen LogP contribution in [-0.4, -0.2) is 49.0 Å². The highest BCUT2D eigenvalue weighted by Gasteiger charge is 2.33. The van der Waals surface area contributed by atoms with Crippen LogP contribution in [-0.2, 0) is 15.0 Å². The molecule has 0 bridgehead atoms. The molecular formula is C11H20N2O3S. The van der Waals surface area contributed by atoms with E-state index in [9.17, 15) is 13.2 Å². The molecule has 2 saturated heterocycles. The van der Waals surface area contributed by atoms with Crippen molar-refractivity contribution < 1.29 is 13.2 Å². The van der Waals surface area contributed by atoms with E-state index in [2.05, 4.69) is 6.92 Å². The van der Waals surface area contributed by atoms with Crippen LogP contribution in [0.4, 0.5) is 0 Å². The van der Waals surface area contributed by atoms with Gasteiger partial charge in [-0.05, 0) is 18.8 Å². The lowest BCUT2D eigenvalue weighted by Crippen LogP contribution is -2.49. The van der Waals surface area contributed by atoms with Crippen LogP contribution in [0.25, 0.3) is 0 Å². The van der Waals surface area contributed by atoms with Crippen LogP contribution in [0.3, 0.4) is 0 Å².